The van der Waals surface area contributed by atoms with E-state index >= 15 is 0 Å². The Balaban J connectivity index is 2.75. The van der Waals surface area contributed by atoms with Crippen LogP contribution in [0.15, 0.2) is 29.2 Å². The normalized spacial score (nSPS) is 13.6. The molecule has 18 heavy (non-hydrogen) atoms. The molecule has 0 aromatic heterocycles. The molecule has 1 unspecified atom stereocenters. The molecule has 7 heteroatoms. The number of benzene rings is 1. The van der Waals surface area contributed by atoms with Crippen molar-refractivity contribution in [1.82, 2.24) is 4.31 Å². The smallest absolute Gasteiger partial charge is 0.242 e. The summed E-state index contributed by atoms with van der Waals surface area (Å²) in [5, 5.41) is 12.2. The van der Waals surface area contributed by atoms with Crippen LogP contribution >= 0.6 is 11.6 Å². The van der Waals surface area contributed by atoms with Gasteiger partial charge in [0.05, 0.1) is 16.9 Å². The van der Waals surface area contributed by atoms with Crippen molar-refractivity contribution in [3.8, 4) is 0 Å². The van der Waals surface area contributed by atoms with Gasteiger partial charge in [-0.05, 0) is 24.3 Å². The molecular formula is C11H17ClN2O3S. The number of nitrogens with zero attached hydrogens (tertiary/aromatic N) is 1. The van der Waals surface area contributed by atoms with Crippen molar-refractivity contribution in [2.45, 2.75) is 11.0 Å². The summed E-state index contributed by atoms with van der Waals surface area (Å²) in [5.41, 5.74) is 0.733. The Hall–Kier alpha value is -0.820. The quantitative estimate of drug-likeness (QED) is 0.766. The van der Waals surface area contributed by atoms with Crippen molar-refractivity contribution in [2.75, 3.05) is 31.8 Å². The highest BCUT2D eigenvalue weighted by atomic mass is 35.5. The number of rotatable bonds is 6. The Morgan fingerprint density at radius 2 is 1.89 bits per heavy atom. The maximum Gasteiger partial charge on any atom is 0.242 e. The van der Waals surface area contributed by atoms with Gasteiger partial charge in [-0.2, -0.15) is 0 Å². The van der Waals surface area contributed by atoms with E-state index in [1.807, 2.05) is 0 Å². The molecule has 0 amide bonds. The highest BCUT2D eigenvalue weighted by molar-refractivity contribution is 7.89. The lowest BCUT2D eigenvalue weighted by Gasteiger charge is -2.13. The maximum absolute atomic E-state index is 11.8. The average Bonchev–Trinajstić information content (AvgIpc) is 2.36. The molecule has 102 valence electrons. The first kappa shape index (κ1) is 15.2. The first-order valence-electron chi connectivity index (χ1n) is 5.38. The number of aliphatic hydroxyl groups is 1. The molecule has 0 fully saturated rings. The molecular weight excluding hydrogens is 276 g/mol. The molecule has 2 N–H and O–H groups in total. The molecule has 0 aliphatic heterocycles. The van der Waals surface area contributed by atoms with E-state index in [1.165, 1.54) is 26.2 Å². The van der Waals surface area contributed by atoms with E-state index in [9.17, 15) is 13.5 Å². The van der Waals surface area contributed by atoms with Crippen molar-refractivity contribution in [1.29, 1.82) is 0 Å². The summed E-state index contributed by atoms with van der Waals surface area (Å²) >= 11 is 5.46. The van der Waals surface area contributed by atoms with E-state index in [-0.39, 0.29) is 10.8 Å². The first-order valence-corrected chi connectivity index (χ1v) is 7.36. The zero-order chi connectivity index (χ0) is 13.8. The van der Waals surface area contributed by atoms with E-state index in [4.69, 9.17) is 11.6 Å². The monoisotopic (exact) mass is 292 g/mol. The lowest BCUT2D eigenvalue weighted by molar-refractivity contribution is 0.211. The number of nitrogens with one attached hydrogen (secondary N) is 1. The van der Waals surface area contributed by atoms with E-state index in [2.05, 4.69) is 5.32 Å². The van der Waals surface area contributed by atoms with E-state index in [1.54, 1.807) is 12.1 Å². The summed E-state index contributed by atoms with van der Waals surface area (Å²) in [4.78, 5) is 0.232. The van der Waals surface area contributed by atoms with Gasteiger partial charge in [-0.3, -0.25) is 0 Å². The standard InChI is InChI=1S/C11H17ClN2O3S/c1-14(2)18(16,17)11-5-3-9(4-6-11)13-8-10(15)7-12/h3-6,10,13,15H,7-8H2,1-2H3. The summed E-state index contributed by atoms with van der Waals surface area (Å²) in [6.45, 7) is 0.323. The number of hydrogen-bond acceptors (Lipinski definition) is 4. The van der Waals surface area contributed by atoms with E-state index < -0.39 is 16.1 Å². The van der Waals surface area contributed by atoms with Crippen LogP contribution in [0.1, 0.15) is 0 Å². The van der Waals surface area contributed by atoms with Crippen LogP contribution in [0.2, 0.25) is 0 Å². The molecule has 0 bridgehead atoms. The molecule has 0 aliphatic rings. The van der Waals surface area contributed by atoms with Crippen molar-refractivity contribution in [3.63, 3.8) is 0 Å². The van der Waals surface area contributed by atoms with Crippen LogP contribution < -0.4 is 5.32 Å². The summed E-state index contributed by atoms with van der Waals surface area (Å²) in [5.74, 6) is 0.153. The van der Waals surface area contributed by atoms with Crippen LogP contribution in [0.5, 0.6) is 0 Å². The Kier molecular flexibility index (Phi) is 5.40. The zero-order valence-electron chi connectivity index (χ0n) is 10.3. The molecule has 1 aromatic rings. The molecule has 1 aromatic carbocycles. The summed E-state index contributed by atoms with van der Waals surface area (Å²) in [7, 11) is -0.426. The minimum Gasteiger partial charge on any atom is -0.390 e. The number of sulfonamides is 1. The third-order valence-corrected chi connectivity index (χ3v) is 4.54. The molecule has 0 radical (unpaired) electrons. The largest absolute Gasteiger partial charge is 0.390 e. The number of halogens is 1. The summed E-state index contributed by atoms with van der Waals surface area (Å²) in [6, 6.07) is 6.34. The van der Waals surface area contributed by atoms with Crippen molar-refractivity contribution in [2.24, 2.45) is 0 Å². The van der Waals surface area contributed by atoms with Gasteiger partial charge in [-0.1, -0.05) is 0 Å². The second-order valence-corrected chi connectivity index (χ2v) is 6.46. The van der Waals surface area contributed by atoms with Gasteiger partial charge in [0, 0.05) is 26.3 Å². The Morgan fingerprint density at radius 1 is 1.33 bits per heavy atom. The van der Waals surface area contributed by atoms with Crippen LogP contribution in [0, 0.1) is 0 Å². The minimum atomic E-state index is -3.39. The molecule has 0 spiro atoms. The summed E-state index contributed by atoms with van der Waals surface area (Å²) < 4.78 is 24.8. The Labute approximate surface area is 112 Å². The molecule has 1 atom stereocenters. The van der Waals surface area contributed by atoms with Crippen LogP contribution in [-0.4, -0.2) is 50.5 Å². The highest BCUT2D eigenvalue weighted by Gasteiger charge is 2.16. The molecule has 0 heterocycles. The number of anilines is 1. The van der Waals surface area contributed by atoms with Gasteiger partial charge in [0.15, 0.2) is 0 Å². The SMILES string of the molecule is CN(C)S(=O)(=O)c1ccc(NCC(O)CCl)cc1. The predicted molar refractivity (Wildman–Crippen MR) is 72.5 cm³/mol. The molecule has 0 saturated carbocycles. The van der Waals surface area contributed by atoms with Gasteiger partial charge in [0.2, 0.25) is 10.0 Å². The Bertz CT molecular complexity index is 474. The fourth-order valence-electron chi connectivity index (χ4n) is 1.25. The number of alkyl halides is 1. The average molecular weight is 293 g/mol. The Morgan fingerprint density at radius 3 is 2.33 bits per heavy atom. The second-order valence-electron chi connectivity index (χ2n) is 4.00. The van der Waals surface area contributed by atoms with Crippen LogP contribution in [-0.2, 0) is 10.0 Å². The lowest BCUT2D eigenvalue weighted by atomic mass is 10.3. The van der Waals surface area contributed by atoms with Crippen LogP contribution in [0.25, 0.3) is 0 Å². The second kappa shape index (κ2) is 6.38. The first-order chi connectivity index (χ1) is 8.37. The molecule has 0 aliphatic carbocycles. The van der Waals surface area contributed by atoms with Gasteiger partial charge in [-0.25, -0.2) is 12.7 Å². The van der Waals surface area contributed by atoms with E-state index in [0.717, 1.165) is 9.99 Å². The fourth-order valence-corrected chi connectivity index (χ4v) is 2.26. The van der Waals surface area contributed by atoms with Crippen LogP contribution in [0.4, 0.5) is 5.69 Å². The highest BCUT2D eigenvalue weighted by Crippen LogP contribution is 2.16. The third kappa shape index (κ3) is 3.84. The fraction of sp³-hybridized carbons (Fsp3) is 0.455. The lowest BCUT2D eigenvalue weighted by Crippen LogP contribution is -2.22. The number of hydrogen-bond donors (Lipinski definition) is 2. The van der Waals surface area contributed by atoms with Crippen molar-refractivity contribution < 1.29 is 13.5 Å². The van der Waals surface area contributed by atoms with Crippen molar-refractivity contribution in [3.05, 3.63) is 24.3 Å². The van der Waals surface area contributed by atoms with E-state index in [0.29, 0.717) is 6.54 Å². The van der Waals surface area contributed by atoms with Gasteiger partial charge in [0.25, 0.3) is 0 Å². The van der Waals surface area contributed by atoms with Gasteiger partial charge < -0.3 is 10.4 Å². The minimum absolute atomic E-state index is 0.153. The predicted octanol–water partition coefficient (Wildman–Crippen LogP) is 0.948. The topological polar surface area (TPSA) is 69.6 Å². The molecule has 5 nitrogen and oxygen atoms in total. The van der Waals surface area contributed by atoms with Gasteiger partial charge in [-0.15, -0.1) is 11.6 Å². The maximum atomic E-state index is 11.8. The zero-order valence-corrected chi connectivity index (χ0v) is 11.9. The van der Waals surface area contributed by atoms with Gasteiger partial charge in [0.1, 0.15) is 0 Å². The summed E-state index contributed by atoms with van der Waals surface area (Å²) in [6.07, 6.45) is -0.628. The molecule has 0 saturated heterocycles. The number of aliphatic hydroxyl groups excluding tert-OH is 1. The van der Waals surface area contributed by atoms with Crippen LogP contribution in [0.3, 0.4) is 0 Å². The van der Waals surface area contributed by atoms with Crippen molar-refractivity contribution >= 4 is 27.3 Å². The third-order valence-electron chi connectivity index (χ3n) is 2.35. The van der Waals surface area contributed by atoms with Gasteiger partial charge >= 0.3 is 0 Å². The molecule has 1 rings (SSSR count).